The number of amides is 2. The second kappa shape index (κ2) is 11.4. The number of benzene rings is 1. The van der Waals surface area contributed by atoms with Crippen LogP contribution in [0.4, 0.5) is 11.6 Å². The van der Waals surface area contributed by atoms with Crippen molar-refractivity contribution in [2.24, 2.45) is 5.92 Å². The normalized spacial score (nSPS) is 21.9. The second-order valence-corrected chi connectivity index (χ2v) is 11.2. The average molecular weight is 559 g/mol. The van der Waals surface area contributed by atoms with Crippen molar-refractivity contribution < 1.29 is 14.4 Å². The Labute approximate surface area is 237 Å². The number of nitrogens with zero attached hydrogens (tertiary/aromatic N) is 7. The molecule has 3 aromatic rings. The number of piperazine rings is 1. The third-order valence-corrected chi connectivity index (χ3v) is 8.50. The Morgan fingerprint density at radius 3 is 2.49 bits per heavy atom. The van der Waals surface area contributed by atoms with E-state index in [1.807, 2.05) is 18.2 Å². The van der Waals surface area contributed by atoms with Gasteiger partial charge < -0.3 is 9.80 Å². The van der Waals surface area contributed by atoms with E-state index < -0.39 is 11.9 Å². The number of carbonyl (C=O) groups excluding carboxylic acids is 3. The maximum absolute atomic E-state index is 13.1. The Morgan fingerprint density at radius 2 is 1.76 bits per heavy atom. The summed E-state index contributed by atoms with van der Waals surface area (Å²) in [7, 11) is 0. The van der Waals surface area contributed by atoms with Gasteiger partial charge in [0.2, 0.25) is 11.9 Å². The zero-order valence-electron chi connectivity index (χ0n) is 23.2. The molecule has 3 aliphatic heterocycles. The predicted molar refractivity (Wildman–Crippen MR) is 153 cm³/mol. The molecule has 0 saturated carbocycles. The summed E-state index contributed by atoms with van der Waals surface area (Å²) in [5.74, 6) is 0.473. The lowest BCUT2D eigenvalue weighted by atomic mass is 10.0. The summed E-state index contributed by atoms with van der Waals surface area (Å²) in [5.41, 5.74) is 1.27. The molecule has 1 N–H and O–H groups in total. The number of fused-ring (bicyclic) bond motifs is 1. The molecule has 214 valence electrons. The van der Waals surface area contributed by atoms with Crippen molar-refractivity contribution in [2.45, 2.75) is 38.6 Å². The molecule has 1 unspecified atom stereocenters. The Bertz CT molecular complexity index is 1530. The highest BCUT2D eigenvalue weighted by molar-refractivity contribution is 5.99. The summed E-state index contributed by atoms with van der Waals surface area (Å²) >= 11 is 0. The molecule has 3 fully saturated rings. The van der Waals surface area contributed by atoms with Gasteiger partial charge in [0.15, 0.2) is 5.78 Å². The number of carbonyl (C=O) groups is 3. The molecule has 3 aliphatic rings. The van der Waals surface area contributed by atoms with E-state index in [1.165, 1.54) is 11.6 Å². The lowest BCUT2D eigenvalue weighted by Gasteiger charge is -2.36. The van der Waals surface area contributed by atoms with E-state index in [-0.39, 0.29) is 30.1 Å². The van der Waals surface area contributed by atoms with Crippen LogP contribution in [0.2, 0.25) is 0 Å². The quantitative estimate of drug-likeness (QED) is 0.335. The van der Waals surface area contributed by atoms with Crippen LogP contribution in [0.5, 0.6) is 0 Å². The van der Waals surface area contributed by atoms with Crippen molar-refractivity contribution in [3.05, 3.63) is 52.7 Å². The Balaban J connectivity index is 1.01. The molecule has 0 aliphatic carbocycles. The van der Waals surface area contributed by atoms with Gasteiger partial charge in [0, 0.05) is 69.2 Å². The summed E-state index contributed by atoms with van der Waals surface area (Å²) in [6, 6.07) is 5.00. The number of nitrogens with one attached hydrogen (secondary N) is 1. The van der Waals surface area contributed by atoms with E-state index in [0.717, 1.165) is 69.7 Å². The Kier molecular flexibility index (Phi) is 7.48. The van der Waals surface area contributed by atoms with Gasteiger partial charge >= 0.3 is 0 Å². The largest absolute Gasteiger partial charge is 0.369 e. The van der Waals surface area contributed by atoms with Gasteiger partial charge in [0.25, 0.3) is 11.5 Å². The van der Waals surface area contributed by atoms with Crippen molar-refractivity contribution in [3.8, 4) is 0 Å². The van der Waals surface area contributed by atoms with Gasteiger partial charge in [-0.25, -0.2) is 14.6 Å². The summed E-state index contributed by atoms with van der Waals surface area (Å²) < 4.78 is 1.20. The van der Waals surface area contributed by atoms with Crippen LogP contribution in [0.15, 0.2) is 41.6 Å². The van der Waals surface area contributed by atoms with Crippen molar-refractivity contribution in [3.63, 3.8) is 0 Å². The van der Waals surface area contributed by atoms with Gasteiger partial charge in [-0.1, -0.05) is 0 Å². The monoisotopic (exact) mass is 558 g/mol. The molecule has 3 saturated heterocycles. The molecule has 0 radical (unpaired) electrons. The average Bonchev–Trinajstić information content (AvgIpc) is 3.46. The van der Waals surface area contributed by atoms with Crippen LogP contribution in [0, 0.1) is 5.92 Å². The lowest BCUT2D eigenvalue weighted by molar-refractivity contribution is -0.136. The first-order chi connectivity index (χ1) is 19.9. The van der Waals surface area contributed by atoms with E-state index in [1.54, 1.807) is 18.6 Å². The van der Waals surface area contributed by atoms with Crippen LogP contribution in [0.25, 0.3) is 10.8 Å². The van der Waals surface area contributed by atoms with E-state index in [4.69, 9.17) is 0 Å². The van der Waals surface area contributed by atoms with E-state index in [0.29, 0.717) is 22.8 Å². The molecule has 5 heterocycles. The number of anilines is 2. The molecule has 1 aromatic carbocycles. The molecule has 0 spiro atoms. The lowest BCUT2D eigenvalue weighted by Crippen LogP contribution is -2.47. The van der Waals surface area contributed by atoms with Crippen molar-refractivity contribution in [2.75, 3.05) is 55.6 Å². The number of Topliss-reactive ketones (excluding diaryl/α,β-unsaturated/α-hetero) is 1. The van der Waals surface area contributed by atoms with Gasteiger partial charge in [-0.05, 0) is 56.8 Å². The minimum absolute atomic E-state index is 0.0233. The first-order valence-electron chi connectivity index (χ1n) is 14.3. The fraction of sp³-hybridized carbons (Fsp3) is 0.483. The summed E-state index contributed by atoms with van der Waals surface area (Å²) in [6.07, 6.45) is 7.57. The van der Waals surface area contributed by atoms with Crippen LogP contribution in [0.1, 0.15) is 49.0 Å². The fourth-order valence-corrected chi connectivity index (χ4v) is 6.00. The summed E-state index contributed by atoms with van der Waals surface area (Å²) in [6.45, 7) is 8.20. The first-order valence-corrected chi connectivity index (χ1v) is 14.3. The molecule has 0 bridgehead atoms. The first kappa shape index (κ1) is 27.0. The SMILES string of the molecule is CC(=O)c1cnc(N2CCC(CCN3CCN(c4ccc5c(=O)n([C@H]6CCC(=O)NC6=O)ncc5c4)CC3)C2)nc1. The van der Waals surface area contributed by atoms with Crippen LogP contribution in [0.3, 0.4) is 0 Å². The van der Waals surface area contributed by atoms with Gasteiger partial charge in [-0.2, -0.15) is 5.10 Å². The fourth-order valence-electron chi connectivity index (χ4n) is 6.00. The Morgan fingerprint density at radius 1 is 0.976 bits per heavy atom. The number of aromatic nitrogens is 4. The number of hydrogen-bond donors (Lipinski definition) is 1. The number of hydrogen-bond acceptors (Lipinski definition) is 10. The molecular weight excluding hydrogens is 524 g/mol. The van der Waals surface area contributed by atoms with Gasteiger partial charge in [-0.3, -0.25) is 29.4 Å². The zero-order chi connectivity index (χ0) is 28.5. The van der Waals surface area contributed by atoms with Gasteiger partial charge in [0.05, 0.1) is 17.1 Å². The molecule has 12 nitrogen and oxygen atoms in total. The number of rotatable bonds is 7. The van der Waals surface area contributed by atoms with Gasteiger partial charge in [0.1, 0.15) is 6.04 Å². The smallest absolute Gasteiger partial charge is 0.275 e. The van der Waals surface area contributed by atoms with Crippen molar-refractivity contribution in [1.82, 2.24) is 30.0 Å². The van der Waals surface area contributed by atoms with Crippen LogP contribution < -0.4 is 20.7 Å². The maximum Gasteiger partial charge on any atom is 0.275 e. The minimum Gasteiger partial charge on any atom is -0.369 e. The molecule has 12 heteroatoms. The molecule has 41 heavy (non-hydrogen) atoms. The van der Waals surface area contributed by atoms with Crippen LogP contribution in [-0.4, -0.2) is 88.1 Å². The van der Waals surface area contributed by atoms with Crippen molar-refractivity contribution in [1.29, 1.82) is 0 Å². The number of imide groups is 1. The second-order valence-electron chi connectivity index (χ2n) is 11.2. The van der Waals surface area contributed by atoms with E-state index >= 15 is 0 Å². The Hall–Kier alpha value is -4.19. The van der Waals surface area contributed by atoms with Crippen LogP contribution in [-0.2, 0) is 9.59 Å². The number of ketones is 1. The van der Waals surface area contributed by atoms with Crippen molar-refractivity contribution >= 4 is 40.0 Å². The predicted octanol–water partition coefficient (Wildman–Crippen LogP) is 1.41. The topological polar surface area (TPSA) is 134 Å². The maximum atomic E-state index is 13.1. The van der Waals surface area contributed by atoms with E-state index in [9.17, 15) is 19.2 Å². The summed E-state index contributed by atoms with van der Waals surface area (Å²) in [5, 5.41) is 7.83. The molecule has 6 rings (SSSR count). The number of piperidine rings is 1. The molecule has 2 aromatic heterocycles. The van der Waals surface area contributed by atoms with E-state index in [2.05, 4.69) is 35.1 Å². The molecular formula is C29H34N8O4. The molecule has 2 amide bonds. The van der Waals surface area contributed by atoms with Crippen LogP contribution >= 0.6 is 0 Å². The zero-order valence-corrected chi connectivity index (χ0v) is 23.2. The van der Waals surface area contributed by atoms with Gasteiger partial charge in [-0.15, -0.1) is 0 Å². The third kappa shape index (κ3) is 5.69. The summed E-state index contributed by atoms with van der Waals surface area (Å²) in [4.78, 5) is 64.1. The highest BCUT2D eigenvalue weighted by Crippen LogP contribution is 2.25. The highest BCUT2D eigenvalue weighted by atomic mass is 16.2. The highest BCUT2D eigenvalue weighted by Gasteiger charge is 2.30. The molecule has 2 atom stereocenters. The third-order valence-electron chi connectivity index (χ3n) is 8.50. The standard InChI is InChI=1S/C29H34N8O4/c1-19(38)22-15-30-29(31-16-22)36-9-7-20(18-36)6-8-34-10-12-35(13-11-34)23-2-3-24-21(14-23)17-32-37(28(24)41)25-4-5-26(39)33-27(25)40/h2-3,14-17,20,25H,4-13,18H2,1H3,(H,33,39,40)/t20?,25-/m0/s1. The minimum atomic E-state index is -0.766.